The molecule has 0 saturated heterocycles. The van der Waals surface area contributed by atoms with Crippen LogP contribution in [-0.2, 0) is 6.61 Å². The monoisotopic (exact) mass is 176 g/mol. The van der Waals surface area contributed by atoms with Crippen molar-refractivity contribution in [2.45, 2.75) is 19.1 Å². The largest absolute Gasteiger partial charge is 0.392 e. The average molecular weight is 176 g/mol. The lowest BCUT2D eigenvalue weighted by atomic mass is 10.00. The summed E-state index contributed by atoms with van der Waals surface area (Å²) in [5.41, 5.74) is 7.40. The Labute approximate surface area is 77.4 Å². The van der Waals surface area contributed by atoms with Crippen LogP contribution in [-0.4, -0.2) is 5.11 Å². The highest BCUT2D eigenvalue weighted by molar-refractivity contribution is 5.29. The minimum Gasteiger partial charge on any atom is -0.392 e. The summed E-state index contributed by atoms with van der Waals surface area (Å²) in [5, 5.41) is 17.5. The van der Waals surface area contributed by atoms with Gasteiger partial charge in [0.15, 0.2) is 0 Å². The maximum atomic E-state index is 9.00. The Hall–Kier alpha value is -1.37. The van der Waals surface area contributed by atoms with E-state index in [0.717, 1.165) is 11.1 Å². The lowest BCUT2D eigenvalue weighted by molar-refractivity contribution is 0.280. The number of rotatable bonds is 3. The molecule has 0 bridgehead atoms. The van der Waals surface area contributed by atoms with Crippen molar-refractivity contribution in [2.75, 3.05) is 0 Å². The van der Waals surface area contributed by atoms with Gasteiger partial charge in [-0.05, 0) is 11.1 Å². The molecule has 0 heterocycles. The summed E-state index contributed by atoms with van der Waals surface area (Å²) in [4.78, 5) is 0. The molecule has 1 aromatic rings. The molecule has 0 aliphatic rings. The maximum absolute atomic E-state index is 9.00. The minimum atomic E-state index is -0.298. The van der Waals surface area contributed by atoms with Crippen molar-refractivity contribution in [3.8, 4) is 6.07 Å². The van der Waals surface area contributed by atoms with Crippen molar-refractivity contribution in [3.63, 3.8) is 0 Å². The van der Waals surface area contributed by atoms with Gasteiger partial charge in [0.2, 0.25) is 0 Å². The van der Waals surface area contributed by atoms with Crippen LogP contribution in [0.5, 0.6) is 0 Å². The Bertz CT molecular complexity index is 317. The molecule has 0 radical (unpaired) electrons. The van der Waals surface area contributed by atoms with Gasteiger partial charge >= 0.3 is 0 Å². The number of nitriles is 1. The third-order valence-corrected chi connectivity index (χ3v) is 1.94. The molecule has 3 nitrogen and oxygen atoms in total. The molecule has 0 fully saturated rings. The highest BCUT2D eigenvalue weighted by Gasteiger charge is 2.08. The van der Waals surface area contributed by atoms with Gasteiger partial charge in [-0.1, -0.05) is 24.3 Å². The van der Waals surface area contributed by atoms with E-state index in [4.69, 9.17) is 16.1 Å². The summed E-state index contributed by atoms with van der Waals surface area (Å²) in [6.45, 7) is -0.0324. The molecule has 3 N–H and O–H groups in total. The highest BCUT2D eigenvalue weighted by atomic mass is 16.3. The van der Waals surface area contributed by atoms with Gasteiger partial charge in [-0.25, -0.2) is 0 Å². The summed E-state index contributed by atoms with van der Waals surface area (Å²) in [6.07, 6.45) is 0.275. The second kappa shape index (κ2) is 4.61. The van der Waals surface area contributed by atoms with Crippen LogP contribution in [0.3, 0.4) is 0 Å². The number of aliphatic hydroxyl groups excluding tert-OH is 1. The second-order valence-electron chi connectivity index (χ2n) is 2.83. The zero-order valence-electron chi connectivity index (χ0n) is 7.27. The normalized spacial score (nSPS) is 12.1. The Morgan fingerprint density at radius 3 is 2.77 bits per heavy atom. The molecule has 68 valence electrons. The highest BCUT2D eigenvalue weighted by Crippen LogP contribution is 2.18. The van der Waals surface area contributed by atoms with Crippen LogP contribution >= 0.6 is 0 Å². The number of hydrogen-bond acceptors (Lipinski definition) is 3. The van der Waals surface area contributed by atoms with E-state index in [1.165, 1.54) is 0 Å². The van der Waals surface area contributed by atoms with Crippen LogP contribution in [0.1, 0.15) is 23.6 Å². The van der Waals surface area contributed by atoms with Gasteiger partial charge in [0, 0.05) is 6.04 Å². The van der Waals surface area contributed by atoms with Gasteiger partial charge in [-0.2, -0.15) is 5.26 Å². The van der Waals surface area contributed by atoms with Crippen molar-refractivity contribution >= 4 is 0 Å². The predicted octanol–water partition coefficient (Wildman–Crippen LogP) is 1.09. The fraction of sp³-hybridized carbons (Fsp3) is 0.300. The third-order valence-electron chi connectivity index (χ3n) is 1.94. The van der Waals surface area contributed by atoms with Crippen LogP contribution < -0.4 is 5.73 Å². The van der Waals surface area contributed by atoms with Crippen LogP contribution in [0.4, 0.5) is 0 Å². The molecular weight excluding hydrogens is 164 g/mol. The lowest BCUT2D eigenvalue weighted by Gasteiger charge is -2.11. The van der Waals surface area contributed by atoms with Crippen LogP contribution in [0.2, 0.25) is 0 Å². The molecule has 1 atom stereocenters. The Morgan fingerprint density at radius 2 is 2.15 bits per heavy atom. The predicted molar refractivity (Wildman–Crippen MR) is 49.5 cm³/mol. The zero-order chi connectivity index (χ0) is 9.68. The summed E-state index contributed by atoms with van der Waals surface area (Å²) >= 11 is 0. The van der Waals surface area contributed by atoms with E-state index in [9.17, 15) is 0 Å². The van der Waals surface area contributed by atoms with Gasteiger partial charge in [0.25, 0.3) is 0 Å². The summed E-state index contributed by atoms with van der Waals surface area (Å²) in [6, 6.07) is 9.06. The van der Waals surface area contributed by atoms with E-state index in [2.05, 4.69) is 0 Å². The molecule has 1 aromatic carbocycles. The van der Waals surface area contributed by atoms with E-state index in [1.807, 2.05) is 30.3 Å². The Balaban J connectivity index is 2.93. The second-order valence-corrected chi connectivity index (χ2v) is 2.83. The SMILES string of the molecule is N#CC[C@H](N)c1ccccc1CO. The molecule has 0 amide bonds. The molecule has 0 saturated carbocycles. The van der Waals surface area contributed by atoms with Gasteiger partial charge in [-0.3, -0.25) is 0 Å². The number of nitrogens with zero attached hydrogens (tertiary/aromatic N) is 1. The Kier molecular flexibility index (Phi) is 3.44. The molecule has 0 aliphatic heterocycles. The quantitative estimate of drug-likeness (QED) is 0.724. The van der Waals surface area contributed by atoms with Gasteiger partial charge < -0.3 is 10.8 Å². The van der Waals surface area contributed by atoms with E-state index >= 15 is 0 Å². The number of benzene rings is 1. The summed E-state index contributed by atoms with van der Waals surface area (Å²) in [7, 11) is 0. The first-order valence-corrected chi connectivity index (χ1v) is 4.10. The molecule has 0 aromatic heterocycles. The molecule has 13 heavy (non-hydrogen) atoms. The minimum absolute atomic E-state index is 0.0324. The third kappa shape index (κ3) is 2.28. The molecule has 0 unspecified atom stereocenters. The number of nitrogens with two attached hydrogens (primary N) is 1. The van der Waals surface area contributed by atoms with Gasteiger partial charge in [-0.15, -0.1) is 0 Å². The maximum Gasteiger partial charge on any atom is 0.0685 e. The van der Waals surface area contributed by atoms with Crippen molar-refractivity contribution in [1.29, 1.82) is 5.26 Å². The molecule has 0 aliphatic carbocycles. The van der Waals surface area contributed by atoms with Gasteiger partial charge in [0.1, 0.15) is 0 Å². The smallest absolute Gasteiger partial charge is 0.0685 e. The lowest BCUT2D eigenvalue weighted by Crippen LogP contribution is -2.11. The topological polar surface area (TPSA) is 70.0 Å². The molecular formula is C10H12N2O. The Morgan fingerprint density at radius 1 is 1.46 bits per heavy atom. The van der Waals surface area contributed by atoms with Crippen LogP contribution in [0.25, 0.3) is 0 Å². The van der Waals surface area contributed by atoms with Crippen LogP contribution in [0.15, 0.2) is 24.3 Å². The number of hydrogen-bond donors (Lipinski definition) is 2. The summed E-state index contributed by atoms with van der Waals surface area (Å²) < 4.78 is 0. The first-order valence-electron chi connectivity index (χ1n) is 4.10. The van der Waals surface area contributed by atoms with E-state index in [0.29, 0.717) is 0 Å². The van der Waals surface area contributed by atoms with E-state index in [1.54, 1.807) is 0 Å². The zero-order valence-corrected chi connectivity index (χ0v) is 7.27. The molecule has 3 heteroatoms. The van der Waals surface area contributed by atoms with Crippen molar-refractivity contribution in [2.24, 2.45) is 5.73 Å². The number of aliphatic hydroxyl groups is 1. The first-order chi connectivity index (χ1) is 6.29. The fourth-order valence-electron chi connectivity index (χ4n) is 1.25. The fourth-order valence-corrected chi connectivity index (χ4v) is 1.25. The molecule has 0 spiro atoms. The molecule has 1 rings (SSSR count). The van der Waals surface area contributed by atoms with Crippen molar-refractivity contribution in [1.82, 2.24) is 0 Å². The van der Waals surface area contributed by atoms with Gasteiger partial charge in [0.05, 0.1) is 19.1 Å². The van der Waals surface area contributed by atoms with Crippen LogP contribution in [0, 0.1) is 11.3 Å². The van der Waals surface area contributed by atoms with Crippen molar-refractivity contribution in [3.05, 3.63) is 35.4 Å². The van der Waals surface area contributed by atoms with E-state index < -0.39 is 0 Å². The standard InChI is InChI=1S/C10H12N2O/c11-6-5-10(12)9-4-2-1-3-8(9)7-13/h1-4,10,13H,5,7,12H2/t10-/m0/s1. The average Bonchev–Trinajstić information content (AvgIpc) is 2.18. The van der Waals surface area contributed by atoms with Crippen molar-refractivity contribution < 1.29 is 5.11 Å². The first kappa shape index (κ1) is 9.72. The summed E-state index contributed by atoms with van der Waals surface area (Å²) in [5.74, 6) is 0. The van der Waals surface area contributed by atoms with E-state index in [-0.39, 0.29) is 19.1 Å².